The van der Waals surface area contributed by atoms with Crippen molar-refractivity contribution in [3.63, 3.8) is 0 Å². The number of aliphatic hydroxyl groups is 1. The van der Waals surface area contributed by atoms with Gasteiger partial charge < -0.3 is 14.7 Å². The summed E-state index contributed by atoms with van der Waals surface area (Å²) < 4.78 is 5.25. The van der Waals surface area contributed by atoms with Gasteiger partial charge in [-0.25, -0.2) is 4.79 Å². The molecule has 102 valence electrons. The molecule has 0 spiro atoms. The molecule has 0 aromatic heterocycles. The van der Waals surface area contributed by atoms with Crippen LogP contribution in [0.3, 0.4) is 0 Å². The maximum absolute atomic E-state index is 11.8. The van der Waals surface area contributed by atoms with Crippen LogP contribution in [0.15, 0.2) is 0 Å². The van der Waals surface area contributed by atoms with Gasteiger partial charge in [0.2, 0.25) is 0 Å². The van der Waals surface area contributed by atoms with Gasteiger partial charge in [-0.1, -0.05) is 13.8 Å². The Bertz CT molecular complexity index is 246. The zero-order chi connectivity index (χ0) is 13.8. The summed E-state index contributed by atoms with van der Waals surface area (Å²) in [5, 5.41) is 9.96. The quantitative estimate of drug-likeness (QED) is 0.828. The lowest BCUT2D eigenvalue weighted by molar-refractivity contribution is 0.00205. The Morgan fingerprint density at radius 2 is 1.76 bits per heavy atom. The third-order valence-corrected chi connectivity index (χ3v) is 2.56. The zero-order valence-corrected chi connectivity index (χ0v) is 12.2. The summed E-state index contributed by atoms with van der Waals surface area (Å²) in [5.41, 5.74) is -0.506. The van der Waals surface area contributed by atoms with Crippen LogP contribution in [0.4, 0.5) is 4.79 Å². The number of carbonyl (C=O) groups excluding carboxylic acids is 1. The van der Waals surface area contributed by atoms with E-state index in [-0.39, 0.29) is 6.04 Å². The van der Waals surface area contributed by atoms with Crippen molar-refractivity contribution in [3.05, 3.63) is 0 Å². The van der Waals surface area contributed by atoms with Gasteiger partial charge in [-0.2, -0.15) is 0 Å². The number of amides is 1. The van der Waals surface area contributed by atoms with Crippen LogP contribution in [0.2, 0.25) is 0 Å². The maximum atomic E-state index is 11.8. The molecule has 1 N–H and O–H groups in total. The van der Waals surface area contributed by atoms with E-state index in [1.165, 1.54) is 4.90 Å². The predicted molar refractivity (Wildman–Crippen MR) is 68.9 cm³/mol. The molecule has 0 bridgehead atoms. The topological polar surface area (TPSA) is 49.8 Å². The summed E-state index contributed by atoms with van der Waals surface area (Å²) in [6.07, 6.45) is -0.241. The molecule has 0 rings (SSSR count). The van der Waals surface area contributed by atoms with E-state index in [0.717, 1.165) is 0 Å². The zero-order valence-electron chi connectivity index (χ0n) is 12.2. The SMILES string of the molecule is CC(C)CC(O)[C@H](C)N(C)C(=O)OC(C)(C)C. The molecule has 2 atom stereocenters. The highest BCUT2D eigenvalue weighted by molar-refractivity contribution is 5.68. The largest absolute Gasteiger partial charge is 0.444 e. The average Bonchev–Trinajstić information content (AvgIpc) is 2.11. The van der Waals surface area contributed by atoms with Gasteiger partial charge in [0.1, 0.15) is 5.60 Å². The minimum atomic E-state index is -0.521. The van der Waals surface area contributed by atoms with E-state index < -0.39 is 17.8 Å². The molecule has 0 aromatic rings. The van der Waals surface area contributed by atoms with E-state index >= 15 is 0 Å². The molecule has 0 aromatic carbocycles. The van der Waals surface area contributed by atoms with E-state index in [2.05, 4.69) is 0 Å². The summed E-state index contributed by atoms with van der Waals surface area (Å²) in [6, 6.07) is -0.243. The molecule has 0 aliphatic heterocycles. The predicted octanol–water partition coefficient (Wildman–Crippen LogP) is 2.65. The standard InChI is InChI=1S/C13H27NO3/c1-9(2)8-11(15)10(3)14(7)12(16)17-13(4,5)6/h9-11,15H,8H2,1-7H3/t10-,11?/m0/s1. The number of hydrogen-bond acceptors (Lipinski definition) is 3. The molecule has 4 nitrogen and oxygen atoms in total. The molecule has 0 saturated heterocycles. The fourth-order valence-corrected chi connectivity index (χ4v) is 1.44. The van der Waals surface area contributed by atoms with Crippen molar-refractivity contribution < 1.29 is 14.6 Å². The van der Waals surface area contributed by atoms with Crippen molar-refractivity contribution in [1.29, 1.82) is 0 Å². The molecule has 0 aliphatic carbocycles. The van der Waals surface area contributed by atoms with Gasteiger partial charge in [0.05, 0.1) is 12.1 Å². The smallest absolute Gasteiger partial charge is 0.410 e. The van der Waals surface area contributed by atoms with E-state index in [4.69, 9.17) is 4.74 Å². The lowest BCUT2D eigenvalue weighted by atomic mass is 10.0. The third-order valence-electron chi connectivity index (χ3n) is 2.56. The van der Waals surface area contributed by atoms with Crippen LogP contribution in [0.25, 0.3) is 0 Å². The van der Waals surface area contributed by atoms with Crippen LogP contribution >= 0.6 is 0 Å². The van der Waals surface area contributed by atoms with Crippen LogP contribution in [0.1, 0.15) is 48.0 Å². The number of rotatable bonds is 4. The molecule has 0 fully saturated rings. The molecule has 0 aliphatic rings. The van der Waals surface area contributed by atoms with Crippen molar-refractivity contribution in [2.75, 3.05) is 7.05 Å². The van der Waals surface area contributed by atoms with Gasteiger partial charge in [0.25, 0.3) is 0 Å². The number of carbonyl (C=O) groups is 1. The molecule has 0 heterocycles. The van der Waals surface area contributed by atoms with Gasteiger partial charge in [0.15, 0.2) is 0 Å². The summed E-state index contributed by atoms with van der Waals surface area (Å²) in [7, 11) is 1.66. The van der Waals surface area contributed by atoms with Gasteiger partial charge in [0, 0.05) is 7.05 Å². The number of nitrogens with zero attached hydrogens (tertiary/aromatic N) is 1. The number of aliphatic hydroxyl groups excluding tert-OH is 1. The second-order valence-electron chi connectivity index (χ2n) is 6.03. The minimum absolute atomic E-state index is 0.243. The molecule has 0 saturated carbocycles. The highest BCUT2D eigenvalue weighted by atomic mass is 16.6. The molecule has 17 heavy (non-hydrogen) atoms. The second kappa shape index (κ2) is 6.24. The Kier molecular flexibility index (Phi) is 5.96. The molecule has 0 radical (unpaired) electrons. The fourth-order valence-electron chi connectivity index (χ4n) is 1.44. The van der Waals surface area contributed by atoms with Gasteiger partial charge in [-0.05, 0) is 40.0 Å². The van der Waals surface area contributed by atoms with Crippen molar-refractivity contribution in [3.8, 4) is 0 Å². The summed E-state index contributed by atoms with van der Waals surface area (Å²) in [6.45, 7) is 11.4. The molecular weight excluding hydrogens is 218 g/mol. The second-order valence-corrected chi connectivity index (χ2v) is 6.03. The lowest BCUT2D eigenvalue weighted by Crippen LogP contribution is -2.45. The first kappa shape index (κ1) is 16.2. The molecular formula is C13H27NO3. The monoisotopic (exact) mass is 245 g/mol. The van der Waals surface area contributed by atoms with Gasteiger partial charge in [-0.15, -0.1) is 0 Å². The Morgan fingerprint density at radius 1 is 1.29 bits per heavy atom. The summed E-state index contributed by atoms with van der Waals surface area (Å²) >= 11 is 0. The minimum Gasteiger partial charge on any atom is -0.444 e. The lowest BCUT2D eigenvalue weighted by Gasteiger charge is -2.31. The van der Waals surface area contributed by atoms with E-state index in [9.17, 15) is 9.90 Å². The Labute approximate surface area is 105 Å². The number of ether oxygens (including phenoxy) is 1. The first-order valence-corrected chi connectivity index (χ1v) is 6.18. The van der Waals surface area contributed by atoms with Crippen molar-refractivity contribution in [2.45, 2.75) is 65.7 Å². The van der Waals surface area contributed by atoms with Crippen molar-refractivity contribution in [2.24, 2.45) is 5.92 Å². The van der Waals surface area contributed by atoms with Crippen molar-refractivity contribution >= 4 is 6.09 Å². The van der Waals surface area contributed by atoms with E-state index in [0.29, 0.717) is 12.3 Å². The normalized spacial score (nSPS) is 15.6. The highest BCUT2D eigenvalue weighted by Crippen LogP contribution is 2.15. The van der Waals surface area contributed by atoms with Crippen LogP contribution in [-0.2, 0) is 4.74 Å². The maximum Gasteiger partial charge on any atom is 0.410 e. The summed E-state index contributed by atoms with van der Waals surface area (Å²) in [5.74, 6) is 0.402. The first-order chi connectivity index (χ1) is 7.54. The van der Waals surface area contributed by atoms with Crippen LogP contribution < -0.4 is 0 Å². The van der Waals surface area contributed by atoms with E-state index in [1.54, 1.807) is 7.05 Å². The molecule has 4 heteroatoms. The first-order valence-electron chi connectivity index (χ1n) is 6.18. The number of hydrogen-bond donors (Lipinski definition) is 1. The highest BCUT2D eigenvalue weighted by Gasteiger charge is 2.27. The Balaban J connectivity index is 4.38. The van der Waals surface area contributed by atoms with Crippen LogP contribution in [0, 0.1) is 5.92 Å². The van der Waals surface area contributed by atoms with Gasteiger partial charge in [-0.3, -0.25) is 0 Å². The molecule has 1 amide bonds. The van der Waals surface area contributed by atoms with Crippen molar-refractivity contribution in [1.82, 2.24) is 4.90 Å². The summed E-state index contributed by atoms with van der Waals surface area (Å²) in [4.78, 5) is 13.2. The fraction of sp³-hybridized carbons (Fsp3) is 0.923. The number of likely N-dealkylation sites (N-methyl/N-ethyl adjacent to an activating group) is 1. The van der Waals surface area contributed by atoms with Crippen LogP contribution in [-0.4, -0.2) is 40.9 Å². The Hall–Kier alpha value is -0.770. The van der Waals surface area contributed by atoms with Crippen LogP contribution in [0.5, 0.6) is 0 Å². The average molecular weight is 245 g/mol. The Morgan fingerprint density at radius 3 is 2.12 bits per heavy atom. The van der Waals surface area contributed by atoms with E-state index in [1.807, 2.05) is 41.5 Å². The van der Waals surface area contributed by atoms with Gasteiger partial charge >= 0.3 is 6.09 Å². The third kappa shape index (κ3) is 6.51. The molecule has 1 unspecified atom stereocenters.